The zero-order chi connectivity index (χ0) is 15.7. The fourth-order valence-electron chi connectivity index (χ4n) is 2.46. The number of rotatable bonds is 3. The van der Waals surface area contributed by atoms with Crippen LogP contribution < -0.4 is 0 Å². The summed E-state index contributed by atoms with van der Waals surface area (Å²) < 4.78 is 1.48. The van der Waals surface area contributed by atoms with E-state index in [2.05, 4.69) is 15.1 Å². The molecule has 2 aromatic heterocycles. The van der Waals surface area contributed by atoms with Gasteiger partial charge in [-0.3, -0.25) is 9.59 Å². The van der Waals surface area contributed by atoms with Crippen LogP contribution in [0.5, 0.6) is 0 Å². The highest BCUT2D eigenvalue weighted by atomic mass is 16.3. The summed E-state index contributed by atoms with van der Waals surface area (Å²) >= 11 is 0. The van der Waals surface area contributed by atoms with Crippen LogP contribution in [0.15, 0.2) is 36.1 Å². The molecule has 2 aromatic rings. The molecule has 7 heteroatoms. The second kappa shape index (κ2) is 5.51. The number of aliphatic hydroxyl groups is 1. The maximum Gasteiger partial charge on any atom is 0.201 e. The molecule has 1 aliphatic carbocycles. The van der Waals surface area contributed by atoms with E-state index in [0.29, 0.717) is 29.9 Å². The normalized spacial score (nSPS) is 15.2. The maximum absolute atomic E-state index is 12.5. The Balaban J connectivity index is 1.99. The molecular formula is C15H14N4O3. The van der Waals surface area contributed by atoms with Gasteiger partial charge in [-0.15, -0.1) is 0 Å². The van der Waals surface area contributed by atoms with Crippen molar-refractivity contribution in [3.8, 4) is 5.82 Å². The van der Waals surface area contributed by atoms with Crippen LogP contribution in [0.4, 0.5) is 0 Å². The Labute approximate surface area is 126 Å². The standard InChI is InChI=1S/C15H14N4O3/c1-9-10(5-6-13(18-9)19-8-16-7-17-19)15(22)14-11(20)3-2-4-12(14)21/h5-8,20H,2-4H2,1H3. The third-order valence-electron chi connectivity index (χ3n) is 3.58. The minimum atomic E-state index is -0.475. The molecular weight excluding hydrogens is 284 g/mol. The Morgan fingerprint density at radius 3 is 2.77 bits per heavy atom. The van der Waals surface area contributed by atoms with Crippen molar-refractivity contribution in [3.63, 3.8) is 0 Å². The van der Waals surface area contributed by atoms with Crippen LogP contribution in [-0.4, -0.2) is 36.4 Å². The zero-order valence-electron chi connectivity index (χ0n) is 12.0. The molecule has 0 spiro atoms. The van der Waals surface area contributed by atoms with Gasteiger partial charge < -0.3 is 5.11 Å². The SMILES string of the molecule is Cc1nc(-n2cncn2)ccc1C(=O)C1=C(O)CCCC1=O. The van der Waals surface area contributed by atoms with Crippen LogP contribution >= 0.6 is 0 Å². The highest BCUT2D eigenvalue weighted by Gasteiger charge is 2.28. The Hall–Kier alpha value is -2.83. The van der Waals surface area contributed by atoms with Crippen molar-refractivity contribution in [2.24, 2.45) is 0 Å². The van der Waals surface area contributed by atoms with E-state index in [0.717, 1.165) is 0 Å². The van der Waals surface area contributed by atoms with Crippen molar-refractivity contribution in [3.05, 3.63) is 47.4 Å². The van der Waals surface area contributed by atoms with Crippen LogP contribution in [0.25, 0.3) is 5.82 Å². The van der Waals surface area contributed by atoms with Crippen molar-refractivity contribution in [2.75, 3.05) is 0 Å². The molecule has 0 unspecified atom stereocenters. The number of hydrogen-bond acceptors (Lipinski definition) is 6. The number of ketones is 2. The first-order chi connectivity index (χ1) is 10.6. The largest absolute Gasteiger partial charge is 0.511 e. The molecule has 1 aliphatic rings. The maximum atomic E-state index is 12.5. The molecule has 0 amide bonds. The monoisotopic (exact) mass is 298 g/mol. The number of Topliss-reactive ketones (excluding diaryl/α,β-unsaturated/α-hetero) is 2. The lowest BCUT2D eigenvalue weighted by Gasteiger charge is -2.15. The second-order valence-electron chi connectivity index (χ2n) is 5.07. The lowest BCUT2D eigenvalue weighted by Crippen LogP contribution is -2.20. The van der Waals surface area contributed by atoms with E-state index < -0.39 is 5.78 Å². The molecule has 112 valence electrons. The molecule has 0 radical (unpaired) electrons. The van der Waals surface area contributed by atoms with E-state index in [1.165, 1.54) is 17.3 Å². The molecule has 0 aliphatic heterocycles. The van der Waals surface area contributed by atoms with Gasteiger partial charge in [-0.25, -0.2) is 14.6 Å². The highest BCUT2D eigenvalue weighted by Crippen LogP contribution is 2.24. The van der Waals surface area contributed by atoms with E-state index in [1.807, 2.05) is 0 Å². The first kappa shape index (κ1) is 14.1. The van der Waals surface area contributed by atoms with Gasteiger partial charge in [-0.05, 0) is 25.5 Å². The summed E-state index contributed by atoms with van der Waals surface area (Å²) in [4.78, 5) is 32.6. The molecule has 3 rings (SSSR count). The van der Waals surface area contributed by atoms with Gasteiger partial charge in [0.1, 0.15) is 24.0 Å². The molecule has 0 saturated carbocycles. The summed E-state index contributed by atoms with van der Waals surface area (Å²) in [5.41, 5.74) is 0.669. The van der Waals surface area contributed by atoms with E-state index in [9.17, 15) is 14.7 Å². The number of carbonyl (C=O) groups is 2. The first-order valence-corrected chi connectivity index (χ1v) is 6.90. The predicted molar refractivity (Wildman–Crippen MR) is 76.7 cm³/mol. The number of aliphatic hydroxyl groups excluding tert-OH is 1. The number of aryl methyl sites for hydroxylation is 1. The third kappa shape index (κ3) is 2.41. The van der Waals surface area contributed by atoms with Crippen molar-refractivity contribution in [2.45, 2.75) is 26.2 Å². The summed E-state index contributed by atoms with van der Waals surface area (Å²) in [7, 11) is 0. The smallest absolute Gasteiger partial charge is 0.201 e. The number of pyridine rings is 1. The molecule has 22 heavy (non-hydrogen) atoms. The number of nitrogens with zero attached hydrogens (tertiary/aromatic N) is 4. The topological polar surface area (TPSA) is 98.0 Å². The average molecular weight is 298 g/mol. The Morgan fingerprint density at radius 1 is 1.32 bits per heavy atom. The van der Waals surface area contributed by atoms with Crippen LogP contribution in [0.2, 0.25) is 0 Å². The lowest BCUT2D eigenvalue weighted by atomic mass is 9.90. The van der Waals surface area contributed by atoms with Gasteiger partial charge in [-0.1, -0.05) is 0 Å². The molecule has 0 aromatic carbocycles. The van der Waals surface area contributed by atoms with Crippen molar-refractivity contribution < 1.29 is 14.7 Å². The number of hydrogen-bond donors (Lipinski definition) is 1. The van der Waals surface area contributed by atoms with E-state index in [-0.39, 0.29) is 23.5 Å². The summed E-state index contributed by atoms with van der Waals surface area (Å²) in [6.45, 7) is 1.68. The quantitative estimate of drug-likeness (QED) is 0.684. The summed E-state index contributed by atoms with van der Waals surface area (Å²) in [5.74, 6) is -0.383. The van der Waals surface area contributed by atoms with Gasteiger partial charge in [0.15, 0.2) is 11.6 Å². The molecule has 7 nitrogen and oxygen atoms in total. The first-order valence-electron chi connectivity index (χ1n) is 6.90. The number of aromatic nitrogens is 4. The lowest BCUT2D eigenvalue weighted by molar-refractivity contribution is -0.116. The Kier molecular flexibility index (Phi) is 3.54. The summed E-state index contributed by atoms with van der Waals surface area (Å²) in [6, 6.07) is 3.21. The molecule has 0 fully saturated rings. The van der Waals surface area contributed by atoms with Crippen LogP contribution in [0.1, 0.15) is 35.3 Å². The second-order valence-corrected chi connectivity index (χ2v) is 5.07. The third-order valence-corrected chi connectivity index (χ3v) is 3.58. The van der Waals surface area contributed by atoms with Crippen LogP contribution in [0.3, 0.4) is 0 Å². The van der Waals surface area contributed by atoms with Gasteiger partial charge in [0.05, 0.1) is 5.69 Å². The van der Waals surface area contributed by atoms with Crippen LogP contribution in [-0.2, 0) is 4.79 Å². The molecule has 2 heterocycles. The molecule has 0 bridgehead atoms. The summed E-state index contributed by atoms with van der Waals surface area (Å²) in [5, 5.41) is 13.8. The molecule has 0 saturated heterocycles. The van der Waals surface area contributed by atoms with Gasteiger partial charge in [0.2, 0.25) is 5.78 Å². The Bertz CT molecular complexity index is 778. The van der Waals surface area contributed by atoms with Crippen molar-refractivity contribution in [1.29, 1.82) is 0 Å². The predicted octanol–water partition coefficient (Wildman–Crippen LogP) is 1.72. The fourth-order valence-corrected chi connectivity index (χ4v) is 2.46. The number of carbonyl (C=O) groups excluding carboxylic acids is 2. The van der Waals surface area contributed by atoms with Crippen LogP contribution in [0, 0.1) is 6.92 Å². The van der Waals surface area contributed by atoms with Gasteiger partial charge in [0, 0.05) is 18.4 Å². The van der Waals surface area contributed by atoms with Crippen molar-refractivity contribution in [1.82, 2.24) is 19.7 Å². The van der Waals surface area contributed by atoms with E-state index in [4.69, 9.17) is 0 Å². The minimum Gasteiger partial charge on any atom is -0.511 e. The van der Waals surface area contributed by atoms with E-state index in [1.54, 1.807) is 19.1 Å². The minimum absolute atomic E-state index is 0.107. The zero-order valence-corrected chi connectivity index (χ0v) is 12.0. The van der Waals surface area contributed by atoms with E-state index >= 15 is 0 Å². The molecule has 0 atom stereocenters. The molecule has 1 N–H and O–H groups in total. The highest BCUT2D eigenvalue weighted by molar-refractivity contribution is 6.27. The van der Waals surface area contributed by atoms with Gasteiger partial charge >= 0.3 is 0 Å². The Morgan fingerprint density at radius 2 is 2.14 bits per heavy atom. The van der Waals surface area contributed by atoms with Gasteiger partial charge in [-0.2, -0.15) is 5.10 Å². The summed E-state index contributed by atoms with van der Waals surface area (Å²) in [6.07, 6.45) is 4.11. The number of allylic oxidation sites excluding steroid dienone is 2. The fraction of sp³-hybridized carbons (Fsp3) is 0.267. The van der Waals surface area contributed by atoms with Crippen molar-refractivity contribution >= 4 is 11.6 Å². The van der Waals surface area contributed by atoms with Gasteiger partial charge in [0.25, 0.3) is 0 Å². The average Bonchev–Trinajstić information content (AvgIpc) is 3.01.